The van der Waals surface area contributed by atoms with E-state index < -0.39 is 8.07 Å². The van der Waals surface area contributed by atoms with Crippen LogP contribution in [0.3, 0.4) is 0 Å². The van der Waals surface area contributed by atoms with Gasteiger partial charge in [-0.15, -0.1) is 0 Å². The molecule has 0 bridgehead atoms. The number of hydrogen-bond donors (Lipinski definition) is 0. The number of rotatable bonds is 3. The first-order chi connectivity index (χ1) is 4.39. The maximum atomic E-state index is 5.03. The molecule has 0 unspecified atom stereocenters. The van der Waals surface area contributed by atoms with Gasteiger partial charge in [0.05, 0.1) is 0 Å². The number of methoxy groups -OCH3 is 1. The van der Waals surface area contributed by atoms with Gasteiger partial charge in [-0.3, -0.25) is 0 Å². The van der Waals surface area contributed by atoms with E-state index in [2.05, 4.69) is 42.1 Å². The zero-order valence-corrected chi connectivity index (χ0v) is 9.30. The molecule has 58 valence electrons. The molecule has 0 N–H and O–H groups in total. The van der Waals surface area contributed by atoms with Crippen LogP contribution in [0.2, 0.25) is 19.6 Å². The van der Waals surface area contributed by atoms with Crippen LogP contribution in [0, 0.1) is 0 Å². The van der Waals surface area contributed by atoms with Crippen LogP contribution in [-0.4, -0.2) is 19.7 Å². The molecule has 3 heteroatoms. The van der Waals surface area contributed by atoms with Crippen LogP contribution < -0.4 is 0 Å². The van der Waals surface area contributed by atoms with E-state index in [1.165, 1.54) is 0 Å². The van der Waals surface area contributed by atoms with Gasteiger partial charge in [0.1, 0.15) is 0 Å². The van der Waals surface area contributed by atoms with Crippen molar-refractivity contribution in [3.8, 4) is 0 Å². The monoisotopic (exact) mass is 194 g/mol. The van der Waals surface area contributed by atoms with E-state index in [9.17, 15) is 0 Å². The fraction of sp³-hybridized carbons (Fsp3) is 0.571. The van der Waals surface area contributed by atoms with Crippen LogP contribution in [0.25, 0.3) is 0 Å². The third-order valence-corrected chi connectivity index (χ3v) is 4.32. The van der Waals surface area contributed by atoms with Crippen molar-refractivity contribution in [1.29, 1.82) is 0 Å². The van der Waals surface area contributed by atoms with Gasteiger partial charge in [-0.2, -0.15) is 0 Å². The van der Waals surface area contributed by atoms with Crippen molar-refractivity contribution in [2.24, 2.45) is 0 Å². The standard InChI is InChI=1S/C7H14OSi.Cr/c1-7(6-8-2)9(3,4)5;/h1H2,2-5H3;. The first-order valence-corrected chi connectivity index (χ1v) is 7.31. The van der Waals surface area contributed by atoms with Gasteiger partial charge in [0.15, 0.2) is 0 Å². The van der Waals surface area contributed by atoms with Crippen LogP contribution in [0.15, 0.2) is 11.8 Å². The van der Waals surface area contributed by atoms with E-state index in [4.69, 9.17) is 4.74 Å². The second-order valence-electron chi connectivity index (χ2n) is 3.22. The Morgan fingerprint density at radius 1 is 1.40 bits per heavy atom. The zero-order chi connectivity index (χ0) is 8.36. The summed E-state index contributed by atoms with van der Waals surface area (Å²) in [5.74, 6) is 0. The third-order valence-electron chi connectivity index (χ3n) is 1.34. The van der Waals surface area contributed by atoms with Gasteiger partial charge in [-0.25, -0.2) is 0 Å². The summed E-state index contributed by atoms with van der Waals surface area (Å²) in [6, 6.07) is 0. The van der Waals surface area contributed by atoms with Crippen molar-refractivity contribution in [2.75, 3.05) is 7.11 Å². The summed E-state index contributed by atoms with van der Waals surface area (Å²) >= 11 is 2.86. The van der Waals surface area contributed by atoms with Crippen LogP contribution >= 0.6 is 0 Å². The minimum atomic E-state index is -1.23. The van der Waals surface area contributed by atoms with Gasteiger partial charge in [-0.05, 0) is 0 Å². The molecular weight excluding hydrogens is 180 g/mol. The normalized spacial score (nSPS) is 11.2. The van der Waals surface area contributed by atoms with Crippen molar-refractivity contribution in [3.05, 3.63) is 11.8 Å². The summed E-state index contributed by atoms with van der Waals surface area (Å²) in [4.78, 5) is 0. The van der Waals surface area contributed by atoms with E-state index >= 15 is 0 Å². The van der Waals surface area contributed by atoms with Gasteiger partial charge < -0.3 is 0 Å². The fourth-order valence-corrected chi connectivity index (χ4v) is 2.58. The van der Waals surface area contributed by atoms with Crippen molar-refractivity contribution in [1.82, 2.24) is 0 Å². The molecule has 0 radical (unpaired) electrons. The van der Waals surface area contributed by atoms with Crippen LogP contribution in [-0.2, 0) is 20.6 Å². The van der Waals surface area contributed by atoms with Crippen molar-refractivity contribution < 1.29 is 20.6 Å². The molecule has 0 aromatic heterocycles. The molecule has 0 rings (SSSR count). The summed E-state index contributed by atoms with van der Waals surface area (Å²) in [6.07, 6.45) is 0. The Hall–Kier alpha value is 0.319. The van der Waals surface area contributed by atoms with E-state index in [0.717, 1.165) is 9.76 Å². The summed E-state index contributed by atoms with van der Waals surface area (Å²) in [5.41, 5.74) is 0. The average Bonchev–Trinajstić information content (AvgIpc) is 1.83. The van der Waals surface area contributed by atoms with Gasteiger partial charge in [0.25, 0.3) is 0 Å². The van der Waals surface area contributed by atoms with Crippen LogP contribution in [0.4, 0.5) is 0 Å². The van der Waals surface area contributed by atoms with Crippen molar-refractivity contribution in [2.45, 2.75) is 19.6 Å². The van der Waals surface area contributed by atoms with Gasteiger partial charge in [0.2, 0.25) is 0 Å². The Morgan fingerprint density at radius 2 is 1.80 bits per heavy atom. The molecule has 0 aromatic carbocycles. The van der Waals surface area contributed by atoms with Crippen LogP contribution in [0.1, 0.15) is 0 Å². The molecule has 10 heavy (non-hydrogen) atoms. The molecule has 0 aromatic rings. The minimum absolute atomic E-state index is 0.860. The average molecular weight is 194 g/mol. The third kappa shape index (κ3) is 2.94. The molecule has 0 aliphatic rings. The van der Waals surface area contributed by atoms with Gasteiger partial charge in [0, 0.05) is 0 Å². The molecule has 0 spiro atoms. The number of ether oxygens (including phenoxy) is 1. The quantitative estimate of drug-likeness (QED) is 0.622. The molecule has 0 aliphatic heterocycles. The maximum absolute atomic E-state index is 5.03. The van der Waals surface area contributed by atoms with E-state index in [1.54, 1.807) is 7.11 Å². The van der Waals surface area contributed by atoms with Crippen molar-refractivity contribution in [3.63, 3.8) is 0 Å². The Bertz CT molecular complexity index is 157. The Balaban J connectivity index is 4.24. The summed E-state index contributed by atoms with van der Waals surface area (Å²) in [5, 5.41) is 1.15. The molecule has 0 aliphatic carbocycles. The second kappa shape index (κ2) is 3.64. The second-order valence-corrected chi connectivity index (χ2v) is 8.90. The Morgan fingerprint density at radius 3 is 1.90 bits per heavy atom. The zero-order valence-electron chi connectivity index (χ0n) is 7.02. The topological polar surface area (TPSA) is 9.23 Å². The molecular formula is C7H14CrOSi. The SMILES string of the molecule is C=C([C](=[Cr])OC)[Si](C)(C)C. The Kier molecular flexibility index (Phi) is 3.75. The van der Waals surface area contributed by atoms with E-state index in [-0.39, 0.29) is 0 Å². The molecule has 0 amide bonds. The predicted molar refractivity (Wildman–Crippen MR) is 44.5 cm³/mol. The van der Waals surface area contributed by atoms with E-state index in [0.29, 0.717) is 0 Å². The first-order valence-electron chi connectivity index (χ1n) is 3.17. The van der Waals surface area contributed by atoms with Crippen molar-refractivity contribution >= 4 is 12.6 Å². The summed E-state index contributed by atoms with van der Waals surface area (Å²) < 4.78 is 5.90. The molecule has 0 atom stereocenters. The Labute approximate surface area is 72.1 Å². The summed E-state index contributed by atoms with van der Waals surface area (Å²) in [7, 11) is 0.431. The van der Waals surface area contributed by atoms with E-state index in [1.807, 2.05) is 0 Å². The van der Waals surface area contributed by atoms with Gasteiger partial charge >= 0.3 is 71.8 Å². The molecule has 0 fully saturated rings. The molecule has 0 saturated heterocycles. The fourth-order valence-electron chi connectivity index (χ4n) is 0.429. The van der Waals surface area contributed by atoms with Gasteiger partial charge in [-0.1, -0.05) is 0 Å². The number of hydrogen-bond acceptors (Lipinski definition) is 1. The first kappa shape index (κ1) is 10.3. The molecule has 0 heterocycles. The predicted octanol–water partition coefficient (Wildman–Crippen LogP) is 1.74. The summed E-state index contributed by atoms with van der Waals surface area (Å²) in [6.45, 7) is 10.7. The van der Waals surface area contributed by atoms with Crippen LogP contribution in [0.5, 0.6) is 0 Å². The molecule has 1 nitrogen and oxygen atoms in total. The molecule has 0 saturated carbocycles.